The zero-order valence-corrected chi connectivity index (χ0v) is 35.7. The second-order valence-corrected chi connectivity index (χ2v) is 13.5. The molecular weight excluding hydrogens is 661 g/mol. The van der Waals surface area contributed by atoms with Gasteiger partial charge in [-0.1, -0.05) is 209 Å². The number of benzene rings is 6. The summed E-state index contributed by atoms with van der Waals surface area (Å²) in [7, 11) is 0. The van der Waals surface area contributed by atoms with Crippen molar-refractivity contribution < 1.29 is 0 Å². The fraction of sp³-hybridized carbons (Fsp3) is 0.321. The van der Waals surface area contributed by atoms with Crippen LogP contribution in [0.5, 0.6) is 0 Å². The molecule has 0 unspecified atom stereocenters. The number of anilines is 3. The van der Waals surface area contributed by atoms with Gasteiger partial charge in [0.15, 0.2) is 0 Å². The summed E-state index contributed by atoms with van der Waals surface area (Å²) < 4.78 is 0. The maximum absolute atomic E-state index is 2.68. The van der Waals surface area contributed by atoms with Crippen molar-refractivity contribution >= 4 is 40.2 Å². The molecule has 0 N–H and O–H groups in total. The van der Waals surface area contributed by atoms with Crippen LogP contribution in [-0.2, 0) is 31.1 Å². The lowest BCUT2D eigenvalue weighted by Gasteiger charge is -2.55. The normalized spacial score (nSPS) is 14.0. The summed E-state index contributed by atoms with van der Waals surface area (Å²) in [5.74, 6) is 0. The molecular formula is C53H62BN. The maximum atomic E-state index is 2.68. The molecule has 6 aliphatic heterocycles. The second kappa shape index (κ2) is 16.5. The number of para-hydroxylation sites is 3. The van der Waals surface area contributed by atoms with Gasteiger partial charge >= 0.3 is 0 Å². The highest BCUT2D eigenvalue weighted by Crippen LogP contribution is 2.63. The number of rotatable bonds is 0. The van der Waals surface area contributed by atoms with Gasteiger partial charge in [0.1, 0.15) is 0 Å². The zero-order chi connectivity index (χ0) is 39.6. The third-order valence-electron chi connectivity index (χ3n) is 11.8. The van der Waals surface area contributed by atoms with Gasteiger partial charge in [0, 0.05) is 12.8 Å². The Morgan fingerprint density at radius 3 is 0.982 bits per heavy atom. The van der Waals surface area contributed by atoms with E-state index in [0.29, 0.717) is 6.71 Å². The number of hydrogen-bond acceptors (Lipinski definition) is 1. The summed E-state index contributed by atoms with van der Waals surface area (Å²) in [6.45, 7) is 24.3. The van der Waals surface area contributed by atoms with Crippen molar-refractivity contribution in [2.24, 2.45) is 0 Å². The van der Waals surface area contributed by atoms with Crippen molar-refractivity contribution in [1.29, 1.82) is 0 Å². The van der Waals surface area contributed by atoms with E-state index in [-0.39, 0.29) is 5.41 Å². The highest BCUT2D eigenvalue weighted by molar-refractivity contribution is 6.98. The average molecular weight is 724 g/mol. The van der Waals surface area contributed by atoms with Crippen LogP contribution in [0.2, 0.25) is 0 Å². The predicted molar refractivity (Wildman–Crippen MR) is 243 cm³/mol. The molecule has 0 saturated heterocycles. The maximum Gasteiger partial charge on any atom is 0.243 e. The molecule has 0 atom stereocenters. The first-order chi connectivity index (χ1) is 27.3. The molecule has 1 spiro atoms. The summed E-state index contributed by atoms with van der Waals surface area (Å²) in [4.78, 5) is 2.68. The summed E-state index contributed by atoms with van der Waals surface area (Å²) in [5, 5.41) is 0. The molecule has 0 aromatic heterocycles. The highest BCUT2D eigenvalue weighted by atomic mass is 15.2. The SMILES string of the molecule is CC.CC.CC.CC.CC.CC.c1cc2c3c(c1)Cc1cccc4c1B3c1c(cccc1C41c3cccc4c3N3c5c(cccc5Cc5cccc1c53)C4)C2. The minimum atomic E-state index is -0.353. The fourth-order valence-electron chi connectivity index (χ4n) is 10.5. The lowest BCUT2D eigenvalue weighted by atomic mass is 9.25. The van der Waals surface area contributed by atoms with E-state index in [0.717, 1.165) is 25.7 Å². The topological polar surface area (TPSA) is 3.24 Å². The Morgan fingerprint density at radius 2 is 0.600 bits per heavy atom. The molecule has 0 aliphatic carbocycles. The zero-order valence-electron chi connectivity index (χ0n) is 35.7. The van der Waals surface area contributed by atoms with Crippen LogP contribution in [0.4, 0.5) is 17.1 Å². The molecule has 6 heterocycles. The Bertz CT molecular complexity index is 2010. The first-order valence-electron chi connectivity index (χ1n) is 21.8. The van der Waals surface area contributed by atoms with Crippen LogP contribution in [0.1, 0.15) is 150 Å². The van der Waals surface area contributed by atoms with Gasteiger partial charge in [0.05, 0.1) is 22.5 Å². The summed E-state index contributed by atoms with van der Waals surface area (Å²) in [6, 6.07) is 43.0. The van der Waals surface area contributed by atoms with Gasteiger partial charge < -0.3 is 4.90 Å². The molecule has 6 aromatic rings. The van der Waals surface area contributed by atoms with Gasteiger partial charge in [-0.05, 0) is 79.6 Å². The van der Waals surface area contributed by atoms with E-state index in [1.54, 1.807) is 16.4 Å². The van der Waals surface area contributed by atoms with Crippen LogP contribution in [0, 0.1) is 0 Å². The first kappa shape index (κ1) is 39.9. The van der Waals surface area contributed by atoms with Crippen LogP contribution in [0.25, 0.3) is 0 Å². The van der Waals surface area contributed by atoms with Crippen LogP contribution < -0.4 is 21.3 Å². The molecule has 282 valence electrons. The predicted octanol–water partition coefficient (Wildman–Crippen LogP) is 12.5. The van der Waals surface area contributed by atoms with Crippen LogP contribution in [0.3, 0.4) is 0 Å². The molecule has 6 aromatic carbocycles. The third kappa shape index (κ3) is 5.34. The summed E-state index contributed by atoms with van der Waals surface area (Å²) >= 11 is 0. The molecule has 6 aliphatic rings. The van der Waals surface area contributed by atoms with Gasteiger partial charge in [-0.2, -0.15) is 0 Å². The van der Waals surface area contributed by atoms with Crippen molar-refractivity contribution in [2.45, 2.75) is 114 Å². The fourth-order valence-corrected chi connectivity index (χ4v) is 10.5. The molecule has 0 fully saturated rings. The van der Waals surface area contributed by atoms with E-state index >= 15 is 0 Å². The molecule has 0 bridgehead atoms. The van der Waals surface area contributed by atoms with Crippen LogP contribution in [0.15, 0.2) is 109 Å². The van der Waals surface area contributed by atoms with Crippen molar-refractivity contribution in [3.63, 3.8) is 0 Å². The number of nitrogens with zero attached hydrogens (tertiary/aromatic N) is 1. The van der Waals surface area contributed by atoms with Crippen molar-refractivity contribution in [1.82, 2.24) is 0 Å². The van der Waals surface area contributed by atoms with Gasteiger partial charge in [-0.25, -0.2) is 0 Å². The van der Waals surface area contributed by atoms with E-state index < -0.39 is 0 Å². The van der Waals surface area contributed by atoms with E-state index in [4.69, 9.17) is 0 Å². The van der Waals surface area contributed by atoms with Crippen molar-refractivity contribution in [2.75, 3.05) is 4.90 Å². The molecule has 0 saturated carbocycles. The Balaban J connectivity index is 0.000000395. The Labute approximate surface area is 334 Å². The van der Waals surface area contributed by atoms with Gasteiger partial charge in [-0.3, -0.25) is 0 Å². The van der Waals surface area contributed by atoms with Crippen molar-refractivity contribution in [3.8, 4) is 0 Å². The molecule has 0 radical (unpaired) electrons. The van der Waals surface area contributed by atoms with Gasteiger partial charge in [-0.15, -0.1) is 0 Å². The molecule has 12 rings (SSSR count). The van der Waals surface area contributed by atoms with E-state index in [9.17, 15) is 0 Å². The highest BCUT2D eigenvalue weighted by Gasteiger charge is 2.57. The minimum absolute atomic E-state index is 0.321. The second-order valence-electron chi connectivity index (χ2n) is 13.5. The third-order valence-corrected chi connectivity index (χ3v) is 11.8. The van der Waals surface area contributed by atoms with E-state index in [2.05, 4.69) is 114 Å². The number of hydrogen-bond donors (Lipinski definition) is 0. The molecule has 2 heteroatoms. The van der Waals surface area contributed by atoms with Crippen LogP contribution >= 0.6 is 0 Å². The number of fused-ring (bicyclic) bond motifs is 4. The summed E-state index contributed by atoms with van der Waals surface area (Å²) in [6.07, 6.45) is 4.04. The lowest BCUT2D eigenvalue weighted by Crippen LogP contribution is -2.68. The smallest absolute Gasteiger partial charge is 0.243 e. The Kier molecular flexibility index (Phi) is 12.0. The van der Waals surface area contributed by atoms with Gasteiger partial charge in [0.2, 0.25) is 6.71 Å². The Morgan fingerprint density at radius 1 is 0.327 bits per heavy atom. The van der Waals surface area contributed by atoms with Gasteiger partial charge in [0.25, 0.3) is 0 Å². The average Bonchev–Trinajstić information content (AvgIpc) is 3.28. The standard InChI is InChI=1S/C41H26BN.6C2H6/c1-7-23-19-25-9-3-15-31-36(25)42-35(23)24(8-1)20-26-10-4-16-32(37(26)42)41(31)33-17-5-13-29-21-27-11-2-12-28-22-30-14-6-18-34(41)40(30)43(38(27)28)39(29)33;6*1-2/h1-18H,19-22H2;6*1-2H3. The first-order valence-corrected chi connectivity index (χ1v) is 21.8. The van der Waals surface area contributed by atoms with Crippen LogP contribution in [-0.4, -0.2) is 6.71 Å². The lowest BCUT2D eigenvalue weighted by molar-refractivity contribution is 0.722. The van der Waals surface area contributed by atoms with E-state index in [1.807, 2.05) is 83.1 Å². The molecule has 1 nitrogen and oxygen atoms in total. The monoisotopic (exact) mass is 723 g/mol. The quantitative estimate of drug-likeness (QED) is 0.141. The minimum Gasteiger partial charge on any atom is -0.309 e. The van der Waals surface area contributed by atoms with E-state index in [1.165, 1.54) is 83.8 Å². The molecule has 55 heavy (non-hydrogen) atoms. The Hall–Kier alpha value is -4.82. The largest absolute Gasteiger partial charge is 0.309 e. The van der Waals surface area contributed by atoms with Crippen molar-refractivity contribution in [3.05, 3.63) is 176 Å². The summed E-state index contributed by atoms with van der Waals surface area (Å²) in [5.41, 5.74) is 26.5. The molecule has 0 amide bonds.